The summed E-state index contributed by atoms with van der Waals surface area (Å²) < 4.78 is 0. The Morgan fingerprint density at radius 3 is 2.86 bits per heavy atom. The largest absolute Gasteiger partial charge is 0.320 e. The smallest absolute Gasteiger partial charge is 0.269 e. The number of nitro groups is 1. The molecule has 1 aliphatic rings. The molecule has 0 aromatic heterocycles. The first-order chi connectivity index (χ1) is 9.93. The number of amides is 1. The Bertz CT molecular complexity index is 552. The Labute approximate surface area is 128 Å². The number of hydrogen-bond donors (Lipinski definition) is 1. The lowest BCUT2D eigenvalue weighted by Gasteiger charge is -2.26. The molecule has 0 spiro atoms. The van der Waals surface area contributed by atoms with Crippen LogP contribution in [0.3, 0.4) is 0 Å². The van der Waals surface area contributed by atoms with Crippen LogP contribution in [0.2, 0.25) is 0 Å². The average molecular weight is 309 g/mol. The lowest BCUT2D eigenvalue weighted by molar-refractivity contribution is -0.385. The van der Waals surface area contributed by atoms with Crippen molar-refractivity contribution in [2.24, 2.45) is 0 Å². The number of nitro benzene ring substituents is 1. The maximum atomic E-state index is 12.3. The Morgan fingerprint density at radius 1 is 1.52 bits per heavy atom. The van der Waals surface area contributed by atoms with E-state index in [9.17, 15) is 14.9 Å². The fourth-order valence-corrected chi connectivity index (χ4v) is 2.72. The highest BCUT2D eigenvalue weighted by Crippen LogP contribution is 2.28. The highest BCUT2D eigenvalue weighted by atomic mass is 32.2. The third-order valence-corrected chi connectivity index (χ3v) is 4.58. The molecule has 1 N–H and O–H groups in total. The summed E-state index contributed by atoms with van der Waals surface area (Å²) in [6.07, 6.45) is 1.70. The van der Waals surface area contributed by atoms with Crippen molar-refractivity contribution >= 4 is 23.4 Å². The zero-order valence-electron chi connectivity index (χ0n) is 12.3. The van der Waals surface area contributed by atoms with Crippen LogP contribution < -0.4 is 5.32 Å². The number of nitrogens with one attached hydrogen (secondary N) is 1. The maximum Gasteiger partial charge on any atom is 0.269 e. The maximum absolute atomic E-state index is 12.3. The predicted molar refractivity (Wildman–Crippen MR) is 83.1 cm³/mol. The molecule has 1 heterocycles. The quantitative estimate of drug-likeness (QED) is 0.666. The van der Waals surface area contributed by atoms with Gasteiger partial charge in [-0.05, 0) is 18.7 Å². The number of thioether (sulfide) groups is 1. The summed E-state index contributed by atoms with van der Waals surface area (Å²) in [6.45, 7) is 4.49. The van der Waals surface area contributed by atoms with Gasteiger partial charge in [0.15, 0.2) is 0 Å². The van der Waals surface area contributed by atoms with E-state index in [4.69, 9.17) is 0 Å². The van der Waals surface area contributed by atoms with Gasteiger partial charge in [-0.2, -0.15) is 11.8 Å². The molecule has 0 aliphatic carbocycles. The zero-order valence-corrected chi connectivity index (χ0v) is 13.1. The van der Waals surface area contributed by atoms with Gasteiger partial charge in [-0.1, -0.05) is 19.1 Å². The fourth-order valence-electron chi connectivity index (χ4n) is 2.41. The number of rotatable bonds is 5. The summed E-state index contributed by atoms with van der Waals surface area (Å²) in [5.74, 6) is 0.0346. The molecule has 3 atom stereocenters. The van der Waals surface area contributed by atoms with Crippen molar-refractivity contribution in [1.29, 1.82) is 0 Å². The molecule has 1 aromatic rings. The summed E-state index contributed by atoms with van der Waals surface area (Å²) in [7, 11) is 0. The lowest BCUT2D eigenvalue weighted by atomic mass is 10.1. The summed E-state index contributed by atoms with van der Waals surface area (Å²) >= 11 is 1.69. The third-order valence-electron chi connectivity index (χ3n) is 3.63. The van der Waals surface area contributed by atoms with Gasteiger partial charge in [0.25, 0.3) is 5.69 Å². The Hall–Kier alpha value is -1.60. The van der Waals surface area contributed by atoms with Gasteiger partial charge in [-0.3, -0.25) is 20.2 Å². The van der Waals surface area contributed by atoms with Crippen LogP contribution in [0.1, 0.15) is 25.6 Å². The van der Waals surface area contributed by atoms with E-state index in [2.05, 4.69) is 12.2 Å². The number of benzene rings is 1. The zero-order chi connectivity index (χ0) is 15.6. The van der Waals surface area contributed by atoms with Crippen molar-refractivity contribution in [3.63, 3.8) is 0 Å². The molecule has 21 heavy (non-hydrogen) atoms. The SMILES string of the molecule is CSC(C)CN1C(=O)C(C)NC1c1cccc([N+](=O)[O-])c1. The van der Waals surface area contributed by atoms with Gasteiger partial charge in [-0.15, -0.1) is 0 Å². The number of nitrogens with zero attached hydrogens (tertiary/aromatic N) is 2. The molecule has 7 heteroatoms. The van der Waals surface area contributed by atoms with Crippen LogP contribution in [-0.2, 0) is 4.79 Å². The van der Waals surface area contributed by atoms with E-state index in [1.807, 2.05) is 19.2 Å². The summed E-state index contributed by atoms with van der Waals surface area (Å²) in [5, 5.41) is 14.4. The molecule has 6 nitrogen and oxygen atoms in total. The van der Waals surface area contributed by atoms with Crippen molar-refractivity contribution in [3.8, 4) is 0 Å². The van der Waals surface area contributed by atoms with Gasteiger partial charge in [0.1, 0.15) is 6.17 Å². The second kappa shape index (κ2) is 6.44. The number of non-ortho nitro benzene ring substituents is 1. The fraction of sp³-hybridized carbons (Fsp3) is 0.500. The van der Waals surface area contributed by atoms with Crippen LogP contribution in [-0.4, -0.2) is 39.8 Å². The number of carbonyl (C=O) groups excluding carboxylic acids is 1. The van der Waals surface area contributed by atoms with Gasteiger partial charge < -0.3 is 4.90 Å². The van der Waals surface area contributed by atoms with Gasteiger partial charge in [-0.25, -0.2) is 0 Å². The number of hydrogen-bond acceptors (Lipinski definition) is 5. The topological polar surface area (TPSA) is 75.5 Å². The van der Waals surface area contributed by atoms with Crippen LogP contribution in [0, 0.1) is 10.1 Å². The van der Waals surface area contributed by atoms with Gasteiger partial charge >= 0.3 is 0 Å². The molecule has 1 fully saturated rings. The van der Waals surface area contributed by atoms with Crippen molar-refractivity contribution in [3.05, 3.63) is 39.9 Å². The summed E-state index contributed by atoms with van der Waals surface area (Å²) in [5.41, 5.74) is 0.786. The summed E-state index contributed by atoms with van der Waals surface area (Å²) in [6, 6.07) is 6.17. The first-order valence-electron chi connectivity index (χ1n) is 6.77. The van der Waals surface area contributed by atoms with Gasteiger partial charge in [0.05, 0.1) is 11.0 Å². The molecular formula is C14H19N3O3S. The molecule has 1 amide bonds. The molecule has 2 rings (SSSR count). The molecular weight excluding hydrogens is 290 g/mol. The Kier molecular flexibility index (Phi) is 4.84. The molecule has 0 radical (unpaired) electrons. The first kappa shape index (κ1) is 15.8. The predicted octanol–water partition coefficient (Wildman–Crippen LogP) is 2.17. The molecule has 1 aliphatic heterocycles. The normalized spacial score (nSPS) is 23.4. The molecule has 1 aromatic carbocycles. The van der Waals surface area contributed by atoms with Crippen LogP contribution in [0.25, 0.3) is 0 Å². The highest BCUT2D eigenvalue weighted by molar-refractivity contribution is 7.99. The van der Waals surface area contributed by atoms with E-state index >= 15 is 0 Å². The second-order valence-electron chi connectivity index (χ2n) is 5.18. The van der Waals surface area contributed by atoms with Crippen LogP contribution in [0.15, 0.2) is 24.3 Å². The van der Waals surface area contributed by atoms with E-state index in [0.717, 1.165) is 5.56 Å². The molecule has 0 bridgehead atoms. The first-order valence-corrected chi connectivity index (χ1v) is 8.06. The van der Waals surface area contributed by atoms with Gasteiger partial charge in [0, 0.05) is 23.9 Å². The minimum atomic E-state index is -0.418. The molecule has 1 saturated heterocycles. The third kappa shape index (κ3) is 3.36. The average Bonchev–Trinajstić information content (AvgIpc) is 2.75. The molecule has 3 unspecified atom stereocenters. The van der Waals surface area contributed by atoms with Crippen LogP contribution >= 0.6 is 11.8 Å². The lowest BCUT2D eigenvalue weighted by Crippen LogP contribution is -2.35. The number of carbonyl (C=O) groups is 1. The van der Waals surface area contributed by atoms with Crippen molar-refractivity contribution in [2.45, 2.75) is 31.3 Å². The van der Waals surface area contributed by atoms with E-state index < -0.39 is 4.92 Å². The van der Waals surface area contributed by atoms with E-state index in [1.165, 1.54) is 12.1 Å². The second-order valence-corrected chi connectivity index (χ2v) is 6.46. The van der Waals surface area contributed by atoms with Crippen molar-refractivity contribution in [1.82, 2.24) is 10.2 Å². The summed E-state index contributed by atoms with van der Waals surface area (Å²) in [4.78, 5) is 24.5. The standard InChI is InChI=1S/C14H19N3O3S/c1-9(21-3)8-16-13(15-10(2)14(16)18)11-5-4-6-12(7-11)17(19)20/h4-7,9-10,13,15H,8H2,1-3H3. The van der Waals surface area contributed by atoms with Gasteiger partial charge in [0.2, 0.25) is 5.91 Å². The minimum Gasteiger partial charge on any atom is -0.320 e. The van der Waals surface area contributed by atoms with Crippen molar-refractivity contribution < 1.29 is 9.72 Å². The molecule has 114 valence electrons. The molecule has 0 saturated carbocycles. The highest BCUT2D eigenvalue weighted by Gasteiger charge is 2.37. The van der Waals surface area contributed by atoms with Crippen LogP contribution in [0.4, 0.5) is 5.69 Å². The van der Waals surface area contributed by atoms with Crippen LogP contribution in [0.5, 0.6) is 0 Å². The monoisotopic (exact) mass is 309 g/mol. The van der Waals surface area contributed by atoms with E-state index in [0.29, 0.717) is 11.8 Å². The van der Waals surface area contributed by atoms with E-state index in [1.54, 1.807) is 22.7 Å². The van der Waals surface area contributed by atoms with E-state index in [-0.39, 0.29) is 23.8 Å². The van der Waals surface area contributed by atoms with Crippen molar-refractivity contribution in [2.75, 3.05) is 12.8 Å². The minimum absolute atomic E-state index is 0.0346. The Balaban J connectivity index is 2.29. The Morgan fingerprint density at radius 2 is 2.24 bits per heavy atom.